The van der Waals surface area contributed by atoms with Crippen molar-refractivity contribution in [1.82, 2.24) is 4.98 Å². The van der Waals surface area contributed by atoms with Gasteiger partial charge < -0.3 is 5.32 Å². The molecule has 102 valence electrons. The largest absolute Gasteiger partial charge is 0.380 e. The van der Waals surface area contributed by atoms with Crippen LogP contribution in [0.15, 0.2) is 54.9 Å². The van der Waals surface area contributed by atoms with Crippen molar-refractivity contribution in [1.29, 1.82) is 5.26 Å². The summed E-state index contributed by atoms with van der Waals surface area (Å²) in [4.78, 5) is 4.26. The van der Waals surface area contributed by atoms with E-state index >= 15 is 0 Å². The highest BCUT2D eigenvalue weighted by atomic mass is 35.5. The molecule has 21 heavy (non-hydrogen) atoms. The Balaban J connectivity index is 1.86. The Kier molecular flexibility index (Phi) is 3.72. The molecule has 2 aromatic carbocycles. The third kappa shape index (κ3) is 2.81. The van der Waals surface area contributed by atoms with Crippen LogP contribution in [0.2, 0.25) is 5.02 Å². The molecule has 0 aliphatic carbocycles. The van der Waals surface area contributed by atoms with Gasteiger partial charge in [-0.15, -0.1) is 0 Å². The van der Waals surface area contributed by atoms with E-state index in [2.05, 4.69) is 22.4 Å². The minimum absolute atomic E-state index is 0.544. The molecule has 1 N–H and O–H groups in total. The molecule has 4 heteroatoms. The quantitative estimate of drug-likeness (QED) is 0.780. The molecule has 0 spiro atoms. The van der Waals surface area contributed by atoms with Crippen molar-refractivity contribution in [2.75, 3.05) is 5.32 Å². The molecule has 0 atom stereocenters. The number of nitrogens with zero attached hydrogens (tertiary/aromatic N) is 2. The van der Waals surface area contributed by atoms with E-state index in [9.17, 15) is 0 Å². The molecular formula is C17H12ClN3. The van der Waals surface area contributed by atoms with Gasteiger partial charge in [0.05, 0.1) is 22.3 Å². The van der Waals surface area contributed by atoms with Gasteiger partial charge >= 0.3 is 0 Å². The normalized spacial score (nSPS) is 10.3. The molecule has 0 fully saturated rings. The average molecular weight is 294 g/mol. The number of halogens is 1. The molecule has 1 heterocycles. The highest BCUT2D eigenvalue weighted by molar-refractivity contribution is 6.33. The maximum absolute atomic E-state index is 8.84. The number of benzene rings is 2. The molecule has 0 aliphatic rings. The van der Waals surface area contributed by atoms with Gasteiger partial charge in [0, 0.05) is 24.3 Å². The Hall–Kier alpha value is -2.57. The zero-order valence-electron chi connectivity index (χ0n) is 11.2. The summed E-state index contributed by atoms with van der Waals surface area (Å²) in [6, 6.07) is 15.4. The second-order valence-corrected chi connectivity index (χ2v) is 5.09. The van der Waals surface area contributed by atoms with E-state index in [0.29, 0.717) is 17.1 Å². The van der Waals surface area contributed by atoms with Crippen molar-refractivity contribution in [3.05, 3.63) is 71.0 Å². The molecule has 0 aliphatic heterocycles. The lowest BCUT2D eigenvalue weighted by Crippen LogP contribution is -2.01. The number of hydrogen-bond acceptors (Lipinski definition) is 3. The first-order chi connectivity index (χ1) is 10.3. The summed E-state index contributed by atoms with van der Waals surface area (Å²) >= 11 is 6.16. The van der Waals surface area contributed by atoms with Crippen LogP contribution in [-0.4, -0.2) is 4.98 Å². The zero-order valence-corrected chi connectivity index (χ0v) is 11.9. The second-order valence-electron chi connectivity index (χ2n) is 4.68. The molecule has 1 aromatic heterocycles. The summed E-state index contributed by atoms with van der Waals surface area (Å²) in [5.41, 5.74) is 2.47. The van der Waals surface area contributed by atoms with Crippen LogP contribution in [0.1, 0.15) is 11.1 Å². The molecule has 0 saturated carbocycles. The SMILES string of the molecule is N#Cc1ccc(NCc2cncc3ccccc23)c(Cl)c1. The number of pyridine rings is 1. The lowest BCUT2D eigenvalue weighted by atomic mass is 10.1. The predicted molar refractivity (Wildman–Crippen MR) is 85.2 cm³/mol. The first kappa shape index (κ1) is 13.4. The Morgan fingerprint density at radius 2 is 2.00 bits per heavy atom. The van der Waals surface area contributed by atoms with E-state index in [1.54, 1.807) is 12.1 Å². The molecule has 3 nitrogen and oxygen atoms in total. The minimum atomic E-state index is 0.544. The maximum atomic E-state index is 8.84. The number of hydrogen-bond donors (Lipinski definition) is 1. The van der Waals surface area contributed by atoms with E-state index in [-0.39, 0.29) is 0 Å². The van der Waals surface area contributed by atoms with Crippen LogP contribution in [0.25, 0.3) is 10.8 Å². The number of aromatic nitrogens is 1. The fraction of sp³-hybridized carbons (Fsp3) is 0.0588. The van der Waals surface area contributed by atoms with Gasteiger partial charge in [0.15, 0.2) is 0 Å². The highest BCUT2D eigenvalue weighted by Gasteiger charge is 2.04. The predicted octanol–water partition coefficient (Wildman–Crippen LogP) is 4.37. The molecule has 0 amide bonds. The van der Waals surface area contributed by atoms with Crippen LogP contribution in [0.3, 0.4) is 0 Å². The fourth-order valence-electron chi connectivity index (χ4n) is 2.24. The molecule has 0 radical (unpaired) electrons. The lowest BCUT2D eigenvalue weighted by Gasteiger charge is -2.10. The number of anilines is 1. The van der Waals surface area contributed by atoms with Crippen molar-refractivity contribution in [2.45, 2.75) is 6.54 Å². The lowest BCUT2D eigenvalue weighted by molar-refractivity contribution is 1.14. The summed E-state index contributed by atoms with van der Waals surface area (Å²) in [7, 11) is 0. The molecular weight excluding hydrogens is 282 g/mol. The Morgan fingerprint density at radius 3 is 2.81 bits per heavy atom. The zero-order chi connectivity index (χ0) is 14.7. The van der Waals surface area contributed by atoms with Crippen molar-refractivity contribution >= 4 is 28.1 Å². The van der Waals surface area contributed by atoms with E-state index < -0.39 is 0 Å². The van der Waals surface area contributed by atoms with Crippen LogP contribution in [0.4, 0.5) is 5.69 Å². The molecule has 0 unspecified atom stereocenters. The van der Waals surface area contributed by atoms with Gasteiger partial charge in [-0.1, -0.05) is 35.9 Å². The summed E-state index contributed by atoms with van der Waals surface area (Å²) in [6.45, 7) is 0.625. The third-order valence-electron chi connectivity index (χ3n) is 3.32. The number of rotatable bonds is 3. The fourth-order valence-corrected chi connectivity index (χ4v) is 2.49. The minimum Gasteiger partial charge on any atom is -0.380 e. The smallest absolute Gasteiger partial charge is 0.0992 e. The maximum Gasteiger partial charge on any atom is 0.0992 e. The summed E-state index contributed by atoms with van der Waals surface area (Å²) in [5.74, 6) is 0. The average Bonchev–Trinajstić information content (AvgIpc) is 2.53. The van der Waals surface area contributed by atoms with Crippen LogP contribution in [-0.2, 0) is 6.54 Å². The van der Waals surface area contributed by atoms with Crippen molar-refractivity contribution in [3.8, 4) is 6.07 Å². The van der Waals surface area contributed by atoms with Crippen molar-refractivity contribution in [3.63, 3.8) is 0 Å². The first-order valence-corrected chi connectivity index (χ1v) is 6.91. The number of nitriles is 1. The summed E-state index contributed by atoms with van der Waals surface area (Å²) in [6.07, 6.45) is 3.71. The van der Waals surface area contributed by atoms with Gasteiger partial charge in [0.25, 0.3) is 0 Å². The molecule has 0 bridgehead atoms. The molecule has 0 saturated heterocycles. The Labute approximate surface area is 127 Å². The third-order valence-corrected chi connectivity index (χ3v) is 3.63. The van der Waals surface area contributed by atoms with Crippen LogP contribution in [0, 0.1) is 11.3 Å². The van der Waals surface area contributed by atoms with Crippen molar-refractivity contribution in [2.24, 2.45) is 0 Å². The first-order valence-electron chi connectivity index (χ1n) is 6.53. The van der Waals surface area contributed by atoms with Crippen LogP contribution in [0.5, 0.6) is 0 Å². The van der Waals surface area contributed by atoms with E-state index in [4.69, 9.17) is 16.9 Å². The van der Waals surface area contributed by atoms with E-state index in [0.717, 1.165) is 16.6 Å². The van der Waals surface area contributed by atoms with Gasteiger partial charge in [-0.2, -0.15) is 5.26 Å². The Bertz CT molecular complexity index is 832. The highest BCUT2D eigenvalue weighted by Crippen LogP contribution is 2.24. The monoisotopic (exact) mass is 293 g/mol. The van der Waals surface area contributed by atoms with E-state index in [1.165, 1.54) is 5.39 Å². The van der Waals surface area contributed by atoms with E-state index in [1.807, 2.05) is 36.7 Å². The van der Waals surface area contributed by atoms with Crippen LogP contribution < -0.4 is 5.32 Å². The Morgan fingerprint density at radius 1 is 1.14 bits per heavy atom. The topological polar surface area (TPSA) is 48.7 Å². The second kappa shape index (κ2) is 5.82. The van der Waals surface area contributed by atoms with Gasteiger partial charge in [-0.25, -0.2) is 0 Å². The van der Waals surface area contributed by atoms with Crippen LogP contribution >= 0.6 is 11.6 Å². The van der Waals surface area contributed by atoms with Gasteiger partial charge in [0.1, 0.15) is 0 Å². The molecule has 3 rings (SSSR count). The van der Waals surface area contributed by atoms with Gasteiger partial charge in [-0.05, 0) is 29.1 Å². The standard InChI is InChI=1S/C17H12ClN3/c18-16-7-12(8-19)5-6-17(16)21-11-14-10-20-9-13-3-1-2-4-15(13)14/h1-7,9-10,21H,11H2. The summed E-state index contributed by atoms with van der Waals surface area (Å²) < 4.78 is 0. The molecule has 3 aromatic rings. The van der Waals surface area contributed by atoms with Crippen molar-refractivity contribution < 1.29 is 0 Å². The van der Waals surface area contributed by atoms with Gasteiger partial charge in [0.2, 0.25) is 0 Å². The van der Waals surface area contributed by atoms with Gasteiger partial charge in [-0.3, -0.25) is 4.98 Å². The number of fused-ring (bicyclic) bond motifs is 1. The summed E-state index contributed by atoms with van der Waals surface area (Å²) in [5, 5.41) is 15.0. The number of nitrogens with one attached hydrogen (secondary N) is 1.